The van der Waals surface area contributed by atoms with Crippen LogP contribution in [0.4, 0.5) is 20.2 Å². The molecular formula is C10H10F2N2O4. The molecule has 0 heterocycles. The molecule has 0 aliphatic rings. The molecule has 0 spiro atoms. The van der Waals surface area contributed by atoms with Crippen molar-refractivity contribution in [2.45, 2.75) is 6.92 Å². The van der Waals surface area contributed by atoms with E-state index < -0.39 is 33.8 Å². The molecule has 1 amide bonds. The fraction of sp³-hybridized carbons (Fsp3) is 0.300. The molecule has 6 nitrogen and oxygen atoms in total. The quantitative estimate of drug-likeness (QED) is 0.647. The van der Waals surface area contributed by atoms with E-state index in [1.807, 2.05) is 5.32 Å². The zero-order valence-electron chi connectivity index (χ0n) is 9.41. The Hall–Kier alpha value is -2.09. The van der Waals surface area contributed by atoms with E-state index in [9.17, 15) is 23.7 Å². The second-order valence-corrected chi connectivity index (χ2v) is 3.22. The fourth-order valence-corrected chi connectivity index (χ4v) is 1.20. The van der Waals surface area contributed by atoms with Crippen molar-refractivity contribution in [3.63, 3.8) is 0 Å². The number of hydrogen-bond donors (Lipinski definition) is 1. The van der Waals surface area contributed by atoms with Crippen molar-refractivity contribution in [3.05, 3.63) is 33.9 Å². The number of hydrogen-bond acceptors (Lipinski definition) is 4. The maximum Gasteiger partial charge on any atom is 0.298 e. The number of nitro benzene ring substituents is 1. The van der Waals surface area contributed by atoms with Gasteiger partial charge < -0.3 is 10.1 Å². The van der Waals surface area contributed by atoms with Gasteiger partial charge in [-0.25, -0.2) is 8.78 Å². The molecule has 0 bridgehead atoms. The van der Waals surface area contributed by atoms with Crippen LogP contribution < -0.4 is 5.32 Å². The van der Waals surface area contributed by atoms with Crippen LogP contribution in [0.2, 0.25) is 0 Å². The standard InChI is InChI=1S/C10H10F2N2O4/c1-2-18-5-9(15)13-10-7(12)3-6(11)4-8(10)14(16)17/h3-4H,2,5H2,1H3,(H,13,15). The molecule has 0 saturated carbocycles. The van der Waals surface area contributed by atoms with Gasteiger partial charge in [-0.05, 0) is 6.92 Å². The number of rotatable bonds is 5. The number of halogens is 2. The summed E-state index contributed by atoms with van der Waals surface area (Å²) in [4.78, 5) is 20.9. The molecule has 0 aliphatic heterocycles. The minimum absolute atomic E-state index is 0.265. The Balaban J connectivity index is 3.00. The summed E-state index contributed by atoms with van der Waals surface area (Å²) < 4.78 is 30.9. The van der Waals surface area contributed by atoms with Crippen LogP contribution in [-0.2, 0) is 9.53 Å². The van der Waals surface area contributed by atoms with Crippen molar-refractivity contribution in [3.8, 4) is 0 Å². The third kappa shape index (κ3) is 3.45. The van der Waals surface area contributed by atoms with Crippen LogP contribution in [0.1, 0.15) is 6.92 Å². The lowest BCUT2D eigenvalue weighted by atomic mass is 10.2. The third-order valence-corrected chi connectivity index (χ3v) is 1.93. The van der Waals surface area contributed by atoms with Crippen molar-refractivity contribution >= 4 is 17.3 Å². The summed E-state index contributed by atoms with van der Waals surface area (Å²) in [6, 6.07) is 0.975. The molecule has 0 fully saturated rings. The molecule has 0 radical (unpaired) electrons. The Bertz CT molecular complexity index is 479. The monoisotopic (exact) mass is 260 g/mol. The summed E-state index contributed by atoms with van der Waals surface area (Å²) in [5.74, 6) is -3.07. The van der Waals surface area contributed by atoms with E-state index in [4.69, 9.17) is 4.74 Å². The molecule has 98 valence electrons. The van der Waals surface area contributed by atoms with Gasteiger partial charge in [-0.2, -0.15) is 0 Å². The second kappa shape index (κ2) is 6.01. The summed E-state index contributed by atoms with van der Waals surface area (Å²) in [5.41, 5.74) is -1.52. The highest BCUT2D eigenvalue weighted by Crippen LogP contribution is 2.28. The first-order valence-electron chi connectivity index (χ1n) is 4.96. The number of anilines is 1. The van der Waals surface area contributed by atoms with Gasteiger partial charge >= 0.3 is 0 Å². The SMILES string of the molecule is CCOCC(=O)Nc1c(F)cc(F)cc1[N+](=O)[O-]. The van der Waals surface area contributed by atoms with Crippen LogP contribution in [0.5, 0.6) is 0 Å². The van der Waals surface area contributed by atoms with Gasteiger partial charge in [-0.3, -0.25) is 14.9 Å². The molecule has 0 aromatic heterocycles. The van der Waals surface area contributed by atoms with Crippen LogP contribution in [0.3, 0.4) is 0 Å². The van der Waals surface area contributed by atoms with Crippen LogP contribution >= 0.6 is 0 Å². The summed E-state index contributed by atoms with van der Waals surface area (Å²) >= 11 is 0. The Morgan fingerprint density at radius 3 is 2.72 bits per heavy atom. The number of nitro groups is 1. The van der Waals surface area contributed by atoms with Gasteiger partial charge in [0, 0.05) is 12.7 Å². The van der Waals surface area contributed by atoms with E-state index in [1.165, 1.54) is 0 Å². The normalized spacial score (nSPS) is 10.2. The molecule has 1 rings (SSSR count). The van der Waals surface area contributed by atoms with Gasteiger partial charge in [0.05, 0.1) is 11.0 Å². The van der Waals surface area contributed by atoms with Gasteiger partial charge in [-0.1, -0.05) is 0 Å². The minimum atomic E-state index is -1.22. The van der Waals surface area contributed by atoms with Gasteiger partial charge in [-0.15, -0.1) is 0 Å². The number of carbonyl (C=O) groups is 1. The molecule has 0 saturated heterocycles. The van der Waals surface area contributed by atoms with E-state index >= 15 is 0 Å². The summed E-state index contributed by atoms with van der Waals surface area (Å²) in [6.07, 6.45) is 0. The highest BCUT2D eigenvalue weighted by molar-refractivity contribution is 5.94. The Morgan fingerprint density at radius 2 is 2.17 bits per heavy atom. The zero-order chi connectivity index (χ0) is 13.7. The average molecular weight is 260 g/mol. The summed E-state index contributed by atoms with van der Waals surface area (Å²) in [6.45, 7) is 1.54. The molecule has 0 unspecified atom stereocenters. The Labute approximate surface area is 101 Å². The van der Waals surface area contributed by atoms with E-state index in [1.54, 1.807) is 6.92 Å². The van der Waals surface area contributed by atoms with Crippen LogP contribution in [-0.4, -0.2) is 24.0 Å². The molecule has 18 heavy (non-hydrogen) atoms. The van der Waals surface area contributed by atoms with Crippen LogP contribution in [0, 0.1) is 21.7 Å². The van der Waals surface area contributed by atoms with Gasteiger partial charge in [0.2, 0.25) is 0 Å². The maximum absolute atomic E-state index is 13.4. The third-order valence-electron chi connectivity index (χ3n) is 1.93. The van der Waals surface area contributed by atoms with Crippen LogP contribution in [0.25, 0.3) is 0 Å². The number of amides is 1. The van der Waals surface area contributed by atoms with Gasteiger partial charge in [0.15, 0.2) is 11.5 Å². The van der Waals surface area contributed by atoms with Crippen LogP contribution in [0.15, 0.2) is 12.1 Å². The molecule has 1 N–H and O–H groups in total. The first-order chi connectivity index (χ1) is 8.45. The van der Waals surface area contributed by atoms with E-state index in [0.717, 1.165) is 0 Å². The zero-order valence-corrected chi connectivity index (χ0v) is 9.41. The van der Waals surface area contributed by atoms with E-state index in [0.29, 0.717) is 12.1 Å². The number of ether oxygens (including phenoxy) is 1. The smallest absolute Gasteiger partial charge is 0.298 e. The molecule has 0 atom stereocenters. The molecule has 1 aromatic carbocycles. The fourth-order valence-electron chi connectivity index (χ4n) is 1.20. The first kappa shape index (κ1) is 14.0. The van der Waals surface area contributed by atoms with Crippen molar-refractivity contribution in [2.75, 3.05) is 18.5 Å². The van der Waals surface area contributed by atoms with Crippen molar-refractivity contribution < 1.29 is 23.2 Å². The number of nitrogens with zero attached hydrogens (tertiary/aromatic N) is 1. The lowest BCUT2D eigenvalue weighted by Gasteiger charge is -2.07. The van der Waals surface area contributed by atoms with Gasteiger partial charge in [0.25, 0.3) is 11.6 Å². The number of benzene rings is 1. The highest BCUT2D eigenvalue weighted by atomic mass is 19.1. The predicted octanol–water partition coefficient (Wildman–Crippen LogP) is 1.85. The molecule has 0 aliphatic carbocycles. The Morgan fingerprint density at radius 1 is 1.50 bits per heavy atom. The summed E-state index contributed by atoms with van der Waals surface area (Å²) in [7, 11) is 0. The van der Waals surface area contributed by atoms with Crippen molar-refractivity contribution in [2.24, 2.45) is 0 Å². The predicted molar refractivity (Wildman–Crippen MR) is 58.1 cm³/mol. The number of carbonyl (C=O) groups excluding carboxylic acids is 1. The van der Waals surface area contributed by atoms with E-state index in [-0.39, 0.29) is 13.2 Å². The molecule has 8 heteroatoms. The second-order valence-electron chi connectivity index (χ2n) is 3.22. The largest absolute Gasteiger partial charge is 0.372 e. The maximum atomic E-state index is 13.4. The molecule has 1 aromatic rings. The highest BCUT2D eigenvalue weighted by Gasteiger charge is 2.22. The van der Waals surface area contributed by atoms with E-state index in [2.05, 4.69) is 0 Å². The summed E-state index contributed by atoms with van der Waals surface area (Å²) in [5, 5.41) is 12.6. The van der Waals surface area contributed by atoms with Crippen molar-refractivity contribution in [1.29, 1.82) is 0 Å². The molecular weight excluding hydrogens is 250 g/mol. The lowest BCUT2D eigenvalue weighted by Crippen LogP contribution is -2.19. The lowest BCUT2D eigenvalue weighted by molar-refractivity contribution is -0.384. The average Bonchev–Trinajstić information content (AvgIpc) is 2.29. The first-order valence-corrected chi connectivity index (χ1v) is 4.96. The topological polar surface area (TPSA) is 81.5 Å². The van der Waals surface area contributed by atoms with Gasteiger partial charge in [0.1, 0.15) is 12.4 Å². The number of nitrogens with one attached hydrogen (secondary N) is 1. The minimum Gasteiger partial charge on any atom is -0.372 e. The van der Waals surface area contributed by atoms with Crippen molar-refractivity contribution in [1.82, 2.24) is 0 Å². The Kier molecular flexibility index (Phi) is 4.67.